The van der Waals surface area contributed by atoms with Crippen LogP contribution >= 0.6 is 45.3 Å². The van der Waals surface area contributed by atoms with Crippen LogP contribution in [0.4, 0.5) is 33.1 Å². The number of aromatic carboxylic acids is 1. The largest absolute Gasteiger partial charge is 1.00 e. The number of diazo groups is 1. The summed E-state index contributed by atoms with van der Waals surface area (Å²) >= 11 is 5.57. The van der Waals surface area contributed by atoms with E-state index >= 15 is 0 Å². The summed E-state index contributed by atoms with van der Waals surface area (Å²) < 4.78 is 53.3. The van der Waals surface area contributed by atoms with Gasteiger partial charge in [-0.25, -0.2) is 13.6 Å². The summed E-state index contributed by atoms with van der Waals surface area (Å²) in [6, 6.07) is 6.30. The molecule has 0 saturated carbocycles. The van der Waals surface area contributed by atoms with Crippen LogP contribution in [-0.2, 0) is 0 Å². The molecule has 0 radical (unpaired) electrons. The summed E-state index contributed by atoms with van der Waals surface area (Å²) in [6.45, 7) is 5.69. The van der Waals surface area contributed by atoms with Crippen LogP contribution in [0.5, 0.6) is 0 Å². The van der Waals surface area contributed by atoms with Crippen LogP contribution in [0.3, 0.4) is 0 Å². The fourth-order valence-corrected chi connectivity index (χ4v) is 4.12. The number of anilines is 1. The molecule has 0 aliphatic carbocycles. The van der Waals surface area contributed by atoms with Crippen molar-refractivity contribution in [2.45, 2.75) is 20.8 Å². The molecule has 0 aliphatic rings. The van der Waals surface area contributed by atoms with E-state index < -0.39 is 19.3 Å². The van der Waals surface area contributed by atoms with Crippen molar-refractivity contribution < 1.29 is 36.3 Å². The zero-order valence-corrected chi connectivity index (χ0v) is 22.2. The Balaban J connectivity index is 0. The second-order valence-electron chi connectivity index (χ2n) is 5.87. The van der Waals surface area contributed by atoms with Gasteiger partial charge in [-0.05, 0) is 60.5 Å². The number of carboxylic acid groups (broad SMARTS) is 1. The van der Waals surface area contributed by atoms with Crippen LogP contribution in [0.1, 0.15) is 24.3 Å². The highest BCUT2D eigenvalue weighted by atomic mass is 32.1. The zero-order valence-electron chi connectivity index (χ0n) is 18.9. The summed E-state index contributed by atoms with van der Waals surface area (Å²) in [5.41, 5.74) is 7.03. The number of halogens is 6. The summed E-state index contributed by atoms with van der Waals surface area (Å²) in [5.74, 6) is -1.96. The Morgan fingerprint density at radius 3 is 1.47 bits per heavy atom. The smallest absolute Gasteiger partial charge is 0.762 e. The topological polar surface area (TPSA) is 91.5 Å². The van der Waals surface area contributed by atoms with Crippen LogP contribution in [0, 0.1) is 37.8 Å². The predicted molar refractivity (Wildman–Crippen MR) is 137 cm³/mol. The van der Waals surface area contributed by atoms with E-state index in [4.69, 9.17) is 16.2 Å². The number of nitrogens with two attached hydrogens (primary N) is 1. The highest BCUT2D eigenvalue weighted by Crippen LogP contribution is 2.22. The number of aryl methyl sites for hydroxylation is 3. The molecule has 0 atom stereocenters. The number of rotatable bonds is 1. The third-order valence-corrected chi connectivity index (χ3v) is 6.84. The molecule has 0 fully saturated rings. The molecule has 3 N–H and O–H groups in total. The minimum atomic E-state index is -3.67. The molecule has 4 heterocycles. The normalized spacial score (nSPS) is 8.64. The van der Waals surface area contributed by atoms with Crippen molar-refractivity contribution in [3.8, 4) is 0 Å². The highest BCUT2D eigenvalue weighted by molar-refractivity contribution is 7.12. The first-order valence-corrected chi connectivity index (χ1v) is 12.7. The van der Waals surface area contributed by atoms with E-state index in [1.54, 1.807) is 41.0 Å². The Labute approximate surface area is 219 Å². The van der Waals surface area contributed by atoms with Gasteiger partial charge in [0, 0.05) is 21.5 Å². The molecule has 0 aromatic carbocycles. The standard InChI is InChI=1S/C5H3FO2S.C5H5FS.C5H5N2S.C5H7NS.BF3.FH/c6-3-1-2-9-4(3)5(7)8;1-4-5(6)2-3-7-4;1-4-5(7-6)2-3-8-4;1-4-5(6)2-3-7-4;2-1(3)4;/h1-2H,(H,7,8);2-3H,1H3;2-3H,1H3;2-3H,6H2,1H3;;1H/q;;+1;;;/p-1. The Kier molecular flexibility index (Phi) is 19.0. The van der Waals surface area contributed by atoms with Crippen LogP contribution < -0.4 is 10.4 Å². The zero-order chi connectivity index (χ0) is 27.0. The van der Waals surface area contributed by atoms with E-state index in [1.165, 1.54) is 27.7 Å². The van der Waals surface area contributed by atoms with Gasteiger partial charge in [0.2, 0.25) is 5.39 Å². The summed E-state index contributed by atoms with van der Waals surface area (Å²) in [5, 5.41) is 23.5. The minimum Gasteiger partial charge on any atom is -1.00 e. The first kappa shape index (κ1) is 35.3. The van der Waals surface area contributed by atoms with Crippen molar-refractivity contribution in [1.29, 1.82) is 5.39 Å². The van der Waals surface area contributed by atoms with Crippen molar-refractivity contribution in [1.82, 2.24) is 0 Å². The molecule has 16 heteroatoms. The lowest BCUT2D eigenvalue weighted by Crippen LogP contribution is -3.00. The third-order valence-electron chi connectivity index (χ3n) is 3.45. The molecule has 0 saturated heterocycles. The minimum absolute atomic E-state index is 0. The number of thiophene rings is 4. The first-order valence-electron chi connectivity index (χ1n) is 9.17. The Bertz CT molecular complexity index is 1120. The lowest BCUT2D eigenvalue weighted by Gasteiger charge is -1.82. The van der Waals surface area contributed by atoms with Gasteiger partial charge in [-0.2, -0.15) is 0 Å². The molecule has 196 valence electrons. The van der Waals surface area contributed by atoms with E-state index in [-0.39, 0.29) is 15.4 Å². The fraction of sp³-hybridized carbons (Fsp3) is 0.150. The maximum absolute atomic E-state index is 12.2. The monoisotopic (exact) mass is 587 g/mol. The van der Waals surface area contributed by atoms with Gasteiger partial charge >= 0.3 is 19.2 Å². The van der Waals surface area contributed by atoms with E-state index in [1.807, 2.05) is 30.7 Å². The maximum Gasteiger partial charge on any atom is 0.762 e. The molecule has 36 heavy (non-hydrogen) atoms. The van der Waals surface area contributed by atoms with Crippen molar-refractivity contribution in [3.63, 3.8) is 0 Å². The van der Waals surface area contributed by atoms with E-state index in [9.17, 15) is 26.5 Å². The Morgan fingerprint density at radius 2 is 1.31 bits per heavy atom. The lowest BCUT2D eigenvalue weighted by atomic mass is 10.4. The van der Waals surface area contributed by atoms with Crippen molar-refractivity contribution in [2.75, 3.05) is 5.73 Å². The molecule has 4 aromatic heterocycles. The second kappa shape index (κ2) is 19.3. The number of carbonyl (C=O) groups is 1. The molecule has 0 amide bonds. The average Bonchev–Trinajstić information content (AvgIpc) is 3.56. The molecule has 0 spiro atoms. The van der Waals surface area contributed by atoms with E-state index in [2.05, 4.69) is 4.98 Å². The second-order valence-corrected chi connectivity index (χ2v) is 10.1. The lowest BCUT2D eigenvalue weighted by molar-refractivity contribution is -0.0000272. The molecule has 0 aliphatic heterocycles. The summed E-state index contributed by atoms with van der Waals surface area (Å²) in [4.78, 5) is 15.9. The van der Waals surface area contributed by atoms with Gasteiger partial charge in [0.1, 0.15) is 16.5 Å². The molecule has 5 nitrogen and oxygen atoms in total. The Hall–Kier alpha value is -2.87. The van der Waals surface area contributed by atoms with Gasteiger partial charge in [-0.15, -0.1) is 45.3 Å². The third kappa shape index (κ3) is 15.2. The van der Waals surface area contributed by atoms with E-state index in [0.29, 0.717) is 5.69 Å². The number of nitrogens with zero attached hydrogens (tertiary/aromatic N) is 2. The number of hydrogen-bond donors (Lipinski definition) is 2. The van der Waals surface area contributed by atoms with Crippen molar-refractivity contribution in [3.05, 3.63) is 81.9 Å². The fourth-order valence-electron chi connectivity index (χ4n) is 1.69. The van der Waals surface area contributed by atoms with Gasteiger partial charge in [0.15, 0.2) is 4.98 Å². The first-order chi connectivity index (χ1) is 16.4. The van der Waals surface area contributed by atoms with Crippen LogP contribution in [-0.4, -0.2) is 18.6 Å². The molecule has 4 rings (SSSR count). The SMILES string of the molecule is Cc1sccc1F.Cc1sccc1N.Cc1sccc1[N+]#N.FB(F)F.O=C(O)c1sccc1F.[F-]. The van der Waals surface area contributed by atoms with Crippen LogP contribution in [0.25, 0.3) is 4.98 Å². The molecule has 0 bridgehead atoms. The van der Waals surface area contributed by atoms with Gasteiger partial charge in [-0.3, -0.25) is 12.9 Å². The maximum atomic E-state index is 12.2. The average molecular weight is 587 g/mol. The van der Waals surface area contributed by atoms with Gasteiger partial charge in [0.25, 0.3) is 0 Å². The number of hydrogen-bond acceptors (Lipinski definition) is 7. The highest BCUT2D eigenvalue weighted by Gasteiger charge is 2.10. The summed E-state index contributed by atoms with van der Waals surface area (Å²) in [6.07, 6.45) is 0. The van der Waals surface area contributed by atoms with Crippen LogP contribution in [0.2, 0.25) is 0 Å². The number of nitrogen functional groups attached to an aromatic ring is 1. The molecular formula is C20H20BF6N3O2S4. The van der Waals surface area contributed by atoms with Crippen molar-refractivity contribution in [2.24, 2.45) is 0 Å². The molecule has 0 unspecified atom stereocenters. The van der Waals surface area contributed by atoms with Gasteiger partial charge in [-0.1, -0.05) is 0 Å². The quantitative estimate of drug-likeness (QED) is 0.166. The van der Waals surface area contributed by atoms with Gasteiger partial charge < -0.3 is 15.5 Å². The van der Waals surface area contributed by atoms with Crippen molar-refractivity contribution >= 4 is 70.2 Å². The number of carboxylic acids is 1. The molecule has 4 aromatic rings. The molecular weight excluding hydrogens is 567 g/mol. The predicted octanol–water partition coefficient (Wildman–Crippen LogP) is 5.84. The van der Waals surface area contributed by atoms with Crippen LogP contribution in [0.15, 0.2) is 45.8 Å². The van der Waals surface area contributed by atoms with E-state index in [0.717, 1.165) is 32.8 Å². The van der Waals surface area contributed by atoms with Gasteiger partial charge in [0.05, 0.1) is 4.88 Å². The summed E-state index contributed by atoms with van der Waals surface area (Å²) in [7, 11) is -3.67. The Morgan fingerprint density at radius 1 is 0.861 bits per heavy atom.